The molecule has 12 heavy (non-hydrogen) atoms. The first-order valence-corrected chi connectivity index (χ1v) is 4.61. The summed E-state index contributed by atoms with van der Waals surface area (Å²) in [6.45, 7) is 6.54. The first-order valence-electron chi connectivity index (χ1n) is 4.61. The maximum atomic E-state index is 11.4. The van der Waals surface area contributed by atoms with Crippen molar-refractivity contribution in [3.05, 3.63) is 0 Å². The van der Waals surface area contributed by atoms with E-state index in [1.165, 1.54) is 0 Å². The Balaban J connectivity index is 3.88. The molecule has 0 heterocycles. The number of carbonyl (C=O) groups is 1. The van der Waals surface area contributed by atoms with Crippen LogP contribution in [0.1, 0.15) is 40.0 Å². The quantitative estimate of drug-likeness (QED) is 0.650. The summed E-state index contributed by atoms with van der Waals surface area (Å²) in [5.74, 6) is -0.0359. The van der Waals surface area contributed by atoms with Crippen LogP contribution in [0.4, 0.5) is 0 Å². The highest BCUT2D eigenvalue weighted by Crippen LogP contribution is 2.07. The topological polar surface area (TPSA) is 55.1 Å². The molecule has 1 amide bonds. The van der Waals surface area contributed by atoms with Crippen molar-refractivity contribution < 1.29 is 4.79 Å². The van der Waals surface area contributed by atoms with Gasteiger partial charge >= 0.3 is 0 Å². The highest BCUT2D eigenvalue weighted by molar-refractivity contribution is 5.85. The highest BCUT2D eigenvalue weighted by atomic mass is 16.2. The minimum Gasteiger partial charge on any atom is -0.355 e. The molecule has 0 aromatic heterocycles. The molecule has 3 heteroatoms. The zero-order valence-electron chi connectivity index (χ0n) is 8.31. The van der Waals surface area contributed by atoms with Gasteiger partial charge in [-0.2, -0.15) is 0 Å². The van der Waals surface area contributed by atoms with Crippen LogP contribution in [0.15, 0.2) is 0 Å². The Morgan fingerprint density at radius 1 is 1.42 bits per heavy atom. The standard InChI is InChI=1S/C9H20N2O/c1-4-6-9(3,10)8(12)11-7-5-2/h4-7,10H2,1-3H3,(H,11,12). The van der Waals surface area contributed by atoms with Gasteiger partial charge in [0.25, 0.3) is 0 Å². The molecule has 0 aliphatic rings. The van der Waals surface area contributed by atoms with E-state index in [9.17, 15) is 4.79 Å². The Morgan fingerprint density at radius 2 is 2.00 bits per heavy atom. The molecule has 1 unspecified atom stereocenters. The van der Waals surface area contributed by atoms with E-state index in [-0.39, 0.29) is 5.91 Å². The van der Waals surface area contributed by atoms with Gasteiger partial charge in [0.2, 0.25) is 5.91 Å². The fourth-order valence-corrected chi connectivity index (χ4v) is 1.07. The molecule has 0 saturated heterocycles. The monoisotopic (exact) mass is 172 g/mol. The van der Waals surface area contributed by atoms with Crippen LogP contribution in [-0.2, 0) is 4.79 Å². The summed E-state index contributed by atoms with van der Waals surface area (Å²) in [5.41, 5.74) is 5.11. The third-order valence-corrected chi connectivity index (χ3v) is 1.82. The molecule has 0 fully saturated rings. The predicted octanol–water partition coefficient (Wildman–Crippen LogP) is 1.03. The first kappa shape index (κ1) is 11.4. The summed E-state index contributed by atoms with van der Waals surface area (Å²) in [6, 6.07) is 0. The maximum absolute atomic E-state index is 11.4. The maximum Gasteiger partial charge on any atom is 0.239 e. The first-order chi connectivity index (χ1) is 5.54. The van der Waals surface area contributed by atoms with E-state index in [2.05, 4.69) is 5.32 Å². The minimum absolute atomic E-state index is 0.0359. The molecule has 0 aromatic rings. The molecule has 0 bridgehead atoms. The van der Waals surface area contributed by atoms with E-state index < -0.39 is 5.54 Å². The van der Waals surface area contributed by atoms with Crippen molar-refractivity contribution in [3.8, 4) is 0 Å². The molecule has 72 valence electrons. The van der Waals surface area contributed by atoms with E-state index >= 15 is 0 Å². The average Bonchev–Trinajstić information content (AvgIpc) is 2.00. The number of hydrogen-bond acceptors (Lipinski definition) is 2. The van der Waals surface area contributed by atoms with Crippen molar-refractivity contribution in [1.82, 2.24) is 5.32 Å². The Hall–Kier alpha value is -0.570. The van der Waals surface area contributed by atoms with Crippen LogP contribution in [0.5, 0.6) is 0 Å². The lowest BCUT2D eigenvalue weighted by Gasteiger charge is -2.22. The molecule has 3 nitrogen and oxygen atoms in total. The molecule has 0 aromatic carbocycles. The molecular weight excluding hydrogens is 152 g/mol. The van der Waals surface area contributed by atoms with E-state index in [1.807, 2.05) is 13.8 Å². The molecule has 0 saturated carbocycles. The molecular formula is C9H20N2O. The van der Waals surface area contributed by atoms with Gasteiger partial charge in [-0.25, -0.2) is 0 Å². The van der Waals surface area contributed by atoms with Gasteiger partial charge < -0.3 is 11.1 Å². The van der Waals surface area contributed by atoms with E-state index in [4.69, 9.17) is 5.73 Å². The lowest BCUT2D eigenvalue weighted by Crippen LogP contribution is -2.51. The van der Waals surface area contributed by atoms with Crippen LogP contribution in [-0.4, -0.2) is 18.0 Å². The van der Waals surface area contributed by atoms with Crippen LogP contribution in [0, 0.1) is 0 Å². The molecule has 0 radical (unpaired) electrons. The van der Waals surface area contributed by atoms with Gasteiger partial charge in [-0.15, -0.1) is 0 Å². The zero-order valence-corrected chi connectivity index (χ0v) is 8.31. The van der Waals surface area contributed by atoms with Crippen molar-refractivity contribution in [2.75, 3.05) is 6.54 Å². The van der Waals surface area contributed by atoms with Gasteiger partial charge in [0.15, 0.2) is 0 Å². The van der Waals surface area contributed by atoms with E-state index in [0.717, 1.165) is 25.8 Å². The second-order valence-corrected chi connectivity index (χ2v) is 3.42. The smallest absolute Gasteiger partial charge is 0.239 e. The normalized spacial score (nSPS) is 15.3. The van der Waals surface area contributed by atoms with Gasteiger partial charge in [0.05, 0.1) is 5.54 Å². The number of nitrogens with two attached hydrogens (primary N) is 1. The zero-order chi connectivity index (χ0) is 9.61. The van der Waals surface area contributed by atoms with Gasteiger partial charge in [0.1, 0.15) is 0 Å². The highest BCUT2D eigenvalue weighted by Gasteiger charge is 2.26. The Labute approximate surface area is 74.7 Å². The summed E-state index contributed by atoms with van der Waals surface area (Å²) in [4.78, 5) is 11.4. The van der Waals surface area contributed by atoms with Crippen LogP contribution in [0.2, 0.25) is 0 Å². The molecule has 0 rings (SSSR count). The van der Waals surface area contributed by atoms with Crippen LogP contribution < -0.4 is 11.1 Å². The number of hydrogen-bond donors (Lipinski definition) is 2. The SMILES string of the molecule is CCCNC(=O)C(C)(N)CCC. The van der Waals surface area contributed by atoms with E-state index in [0.29, 0.717) is 0 Å². The summed E-state index contributed by atoms with van der Waals surface area (Å²) in [7, 11) is 0. The van der Waals surface area contributed by atoms with Gasteiger partial charge in [-0.1, -0.05) is 20.3 Å². The van der Waals surface area contributed by atoms with Crippen molar-refractivity contribution in [1.29, 1.82) is 0 Å². The third kappa shape index (κ3) is 3.72. The molecule has 1 atom stereocenters. The predicted molar refractivity (Wildman–Crippen MR) is 50.8 cm³/mol. The van der Waals surface area contributed by atoms with Crippen molar-refractivity contribution in [2.24, 2.45) is 5.73 Å². The molecule has 0 aliphatic heterocycles. The molecule has 3 N–H and O–H groups in total. The fraction of sp³-hybridized carbons (Fsp3) is 0.889. The van der Waals surface area contributed by atoms with E-state index in [1.54, 1.807) is 6.92 Å². The lowest BCUT2D eigenvalue weighted by molar-refractivity contribution is -0.126. The van der Waals surface area contributed by atoms with Crippen LogP contribution in [0.3, 0.4) is 0 Å². The van der Waals surface area contributed by atoms with Crippen molar-refractivity contribution in [3.63, 3.8) is 0 Å². The number of amides is 1. The summed E-state index contributed by atoms with van der Waals surface area (Å²) in [6.07, 6.45) is 2.63. The lowest BCUT2D eigenvalue weighted by atomic mass is 9.96. The molecule has 0 aliphatic carbocycles. The van der Waals surface area contributed by atoms with Crippen LogP contribution in [0.25, 0.3) is 0 Å². The van der Waals surface area contributed by atoms with Gasteiger partial charge in [0, 0.05) is 6.54 Å². The molecule has 0 spiro atoms. The van der Waals surface area contributed by atoms with Gasteiger partial charge in [-0.05, 0) is 19.8 Å². The Kier molecular flexibility index (Phi) is 4.90. The average molecular weight is 172 g/mol. The van der Waals surface area contributed by atoms with Crippen molar-refractivity contribution in [2.45, 2.75) is 45.6 Å². The van der Waals surface area contributed by atoms with Crippen molar-refractivity contribution >= 4 is 5.91 Å². The fourth-order valence-electron chi connectivity index (χ4n) is 1.07. The number of carbonyl (C=O) groups excluding carboxylic acids is 1. The Bertz CT molecular complexity index is 143. The minimum atomic E-state index is -0.691. The largest absolute Gasteiger partial charge is 0.355 e. The summed E-state index contributed by atoms with van der Waals surface area (Å²) in [5, 5.41) is 2.79. The number of rotatable bonds is 5. The van der Waals surface area contributed by atoms with Crippen LogP contribution >= 0.6 is 0 Å². The second-order valence-electron chi connectivity index (χ2n) is 3.42. The van der Waals surface area contributed by atoms with Gasteiger partial charge in [-0.3, -0.25) is 4.79 Å². The summed E-state index contributed by atoms with van der Waals surface area (Å²) < 4.78 is 0. The Morgan fingerprint density at radius 3 is 2.42 bits per heavy atom. The third-order valence-electron chi connectivity index (χ3n) is 1.82. The number of nitrogens with one attached hydrogen (secondary N) is 1. The second kappa shape index (κ2) is 5.14. The summed E-state index contributed by atoms with van der Waals surface area (Å²) >= 11 is 0.